The number of nitro benzene ring substituents is 1. The van der Waals surface area contributed by atoms with E-state index in [0.29, 0.717) is 11.3 Å². The third-order valence-electron chi connectivity index (χ3n) is 3.91. The highest BCUT2D eigenvalue weighted by Crippen LogP contribution is 2.16. The van der Waals surface area contributed by atoms with Gasteiger partial charge in [0, 0.05) is 28.9 Å². The molecule has 9 nitrogen and oxygen atoms in total. The lowest BCUT2D eigenvalue weighted by Crippen LogP contribution is -2.18. The van der Waals surface area contributed by atoms with Gasteiger partial charge < -0.3 is 0 Å². The average molecular weight is 424 g/mol. The Morgan fingerprint density at radius 2 is 1.67 bits per heavy atom. The van der Waals surface area contributed by atoms with Crippen molar-refractivity contribution in [3.63, 3.8) is 0 Å². The number of nitrogens with one attached hydrogen (secondary N) is 2. The Kier molecular flexibility index (Phi) is 6.18. The number of sulfonamides is 1. The summed E-state index contributed by atoms with van der Waals surface area (Å²) in [5, 5.41) is 14.5. The summed E-state index contributed by atoms with van der Waals surface area (Å²) in [6.45, 7) is 0. The predicted octanol–water partition coefficient (Wildman–Crippen LogP) is 3.16. The number of carbonyl (C=O) groups is 1. The molecule has 3 aromatic carbocycles. The van der Waals surface area contributed by atoms with Gasteiger partial charge in [0.2, 0.25) is 0 Å². The van der Waals surface area contributed by atoms with Crippen LogP contribution in [0.15, 0.2) is 88.9 Å². The second-order valence-corrected chi connectivity index (χ2v) is 7.73. The van der Waals surface area contributed by atoms with Crippen molar-refractivity contribution < 1.29 is 18.1 Å². The molecule has 3 aromatic rings. The molecule has 0 aliphatic heterocycles. The van der Waals surface area contributed by atoms with Gasteiger partial charge in [-0.1, -0.05) is 30.3 Å². The molecule has 0 fully saturated rings. The number of amides is 1. The minimum Gasteiger partial charge on any atom is -0.280 e. The van der Waals surface area contributed by atoms with Crippen LogP contribution in [0.1, 0.15) is 15.9 Å². The Balaban J connectivity index is 1.63. The lowest BCUT2D eigenvalue weighted by atomic mass is 10.2. The minimum atomic E-state index is -3.72. The molecule has 3 rings (SSSR count). The van der Waals surface area contributed by atoms with Crippen molar-refractivity contribution in [2.24, 2.45) is 5.10 Å². The molecule has 0 bridgehead atoms. The summed E-state index contributed by atoms with van der Waals surface area (Å²) in [5.41, 5.74) is 3.24. The Morgan fingerprint density at radius 3 is 2.33 bits per heavy atom. The maximum Gasteiger partial charge on any atom is 0.271 e. The van der Waals surface area contributed by atoms with Gasteiger partial charge in [-0.2, -0.15) is 5.10 Å². The van der Waals surface area contributed by atoms with Crippen LogP contribution in [0.25, 0.3) is 0 Å². The molecule has 0 aliphatic carbocycles. The molecule has 0 aliphatic rings. The fourth-order valence-electron chi connectivity index (χ4n) is 2.45. The summed E-state index contributed by atoms with van der Waals surface area (Å²) >= 11 is 0. The van der Waals surface area contributed by atoms with Gasteiger partial charge in [0.25, 0.3) is 21.6 Å². The number of hydrogen-bond donors (Lipinski definition) is 2. The normalized spacial score (nSPS) is 11.2. The van der Waals surface area contributed by atoms with E-state index >= 15 is 0 Å². The van der Waals surface area contributed by atoms with Gasteiger partial charge in [0.05, 0.1) is 16.0 Å². The molecule has 1 amide bonds. The van der Waals surface area contributed by atoms with Crippen LogP contribution in [0.3, 0.4) is 0 Å². The molecule has 0 unspecified atom stereocenters. The summed E-state index contributed by atoms with van der Waals surface area (Å²) in [5.74, 6) is -0.519. The third kappa shape index (κ3) is 5.26. The van der Waals surface area contributed by atoms with Crippen LogP contribution in [0, 0.1) is 10.1 Å². The quantitative estimate of drug-likeness (QED) is 0.342. The van der Waals surface area contributed by atoms with Crippen LogP contribution in [-0.2, 0) is 10.0 Å². The first-order valence-electron chi connectivity index (χ1n) is 8.61. The predicted molar refractivity (Wildman–Crippen MR) is 112 cm³/mol. The van der Waals surface area contributed by atoms with Crippen molar-refractivity contribution in [3.8, 4) is 0 Å². The van der Waals surface area contributed by atoms with E-state index in [0.717, 1.165) is 0 Å². The standard InChI is InChI=1S/C20H16N4O5S/c25-20(22-21-14-15-5-4-6-18(13-15)24(26)27)16-9-11-17(12-10-16)23-30(28,29)19-7-2-1-3-8-19/h1-14,23H,(H,22,25). The molecule has 0 saturated carbocycles. The van der Waals surface area contributed by atoms with E-state index < -0.39 is 20.9 Å². The SMILES string of the molecule is O=C(NN=Cc1cccc([N+](=O)[O-])c1)c1ccc(NS(=O)(=O)c2ccccc2)cc1. The van der Waals surface area contributed by atoms with E-state index in [9.17, 15) is 23.3 Å². The molecule has 0 spiro atoms. The third-order valence-corrected chi connectivity index (χ3v) is 5.31. The summed E-state index contributed by atoms with van der Waals surface area (Å²) in [6, 6.07) is 19.5. The van der Waals surface area contributed by atoms with Crippen molar-refractivity contribution >= 4 is 33.5 Å². The van der Waals surface area contributed by atoms with Crippen LogP contribution in [-0.4, -0.2) is 25.5 Å². The summed E-state index contributed by atoms with van der Waals surface area (Å²) < 4.78 is 27.1. The van der Waals surface area contributed by atoms with E-state index in [2.05, 4.69) is 15.2 Å². The van der Waals surface area contributed by atoms with Crippen molar-refractivity contribution in [3.05, 3.63) is 100 Å². The maximum absolute atomic E-state index is 12.3. The number of benzene rings is 3. The molecule has 2 N–H and O–H groups in total. The van der Waals surface area contributed by atoms with Gasteiger partial charge in [0.15, 0.2) is 0 Å². The van der Waals surface area contributed by atoms with Gasteiger partial charge in [0.1, 0.15) is 0 Å². The molecule has 10 heteroatoms. The zero-order valence-electron chi connectivity index (χ0n) is 15.4. The molecule has 30 heavy (non-hydrogen) atoms. The number of hydrazone groups is 1. The molecule has 0 saturated heterocycles. The van der Waals surface area contributed by atoms with E-state index in [1.807, 2.05) is 0 Å². The average Bonchev–Trinajstić information content (AvgIpc) is 2.75. The number of anilines is 1. The zero-order valence-corrected chi connectivity index (χ0v) is 16.2. The van der Waals surface area contributed by atoms with Crippen LogP contribution >= 0.6 is 0 Å². The number of nitro groups is 1. The van der Waals surface area contributed by atoms with Gasteiger partial charge in [-0.3, -0.25) is 19.6 Å². The second kappa shape index (κ2) is 8.97. The summed E-state index contributed by atoms with van der Waals surface area (Å²) in [7, 11) is -3.72. The van der Waals surface area contributed by atoms with E-state index in [1.54, 1.807) is 24.3 Å². The molecule has 0 aromatic heterocycles. The van der Waals surface area contributed by atoms with Crippen LogP contribution < -0.4 is 10.1 Å². The van der Waals surface area contributed by atoms with Crippen molar-refractivity contribution in [1.29, 1.82) is 0 Å². The Morgan fingerprint density at radius 1 is 0.967 bits per heavy atom. The highest BCUT2D eigenvalue weighted by Gasteiger charge is 2.13. The highest BCUT2D eigenvalue weighted by atomic mass is 32.2. The first-order valence-corrected chi connectivity index (χ1v) is 10.1. The molecule has 0 atom stereocenters. The number of hydrogen-bond acceptors (Lipinski definition) is 6. The maximum atomic E-state index is 12.3. The number of rotatable bonds is 7. The molecule has 0 radical (unpaired) electrons. The zero-order chi connectivity index (χ0) is 21.6. The lowest BCUT2D eigenvalue weighted by Gasteiger charge is -2.08. The molecular weight excluding hydrogens is 408 g/mol. The van der Waals surface area contributed by atoms with E-state index in [-0.39, 0.29) is 16.1 Å². The minimum absolute atomic E-state index is 0.0844. The van der Waals surface area contributed by atoms with Crippen LogP contribution in [0.4, 0.5) is 11.4 Å². The Bertz CT molecular complexity index is 1190. The van der Waals surface area contributed by atoms with Crippen molar-refractivity contribution in [2.45, 2.75) is 4.90 Å². The second-order valence-electron chi connectivity index (χ2n) is 6.05. The molecule has 0 heterocycles. The lowest BCUT2D eigenvalue weighted by molar-refractivity contribution is -0.384. The molecular formula is C20H16N4O5S. The Hall–Kier alpha value is -4.05. The monoisotopic (exact) mass is 424 g/mol. The largest absolute Gasteiger partial charge is 0.280 e. The first kappa shape index (κ1) is 20.7. The van der Waals surface area contributed by atoms with Gasteiger partial charge in [-0.25, -0.2) is 13.8 Å². The summed E-state index contributed by atoms with van der Waals surface area (Å²) in [4.78, 5) is 22.5. The fourth-order valence-corrected chi connectivity index (χ4v) is 3.53. The number of carbonyl (C=O) groups excluding carboxylic acids is 1. The van der Waals surface area contributed by atoms with Crippen molar-refractivity contribution in [2.75, 3.05) is 4.72 Å². The van der Waals surface area contributed by atoms with Gasteiger partial charge in [-0.05, 0) is 36.4 Å². The van der Waals surface area contributed by atoms with E-state index in [4.69, 9.17) is 0 Å². The topological polar surface area (TPSA) is 131 Å². The highest BCUT2D eigenvalue weighted by molar-refractivity contribution is 7.92. The number of non-ortho nitro benzene ring substituents is 1. The first-order chi connectivity index (χ1) is 14.3. The van der Waals surface area contributed by atoms with Gasteiger partial charge >= 0.3 is 0 Å². The van der Waals surface area contributed by atoms with Crippen LogP contribution in [0.2, 0.25) is 0 Å². The van der Waals surface area contributed by atoms with Crippen LogP contribution in [0.5, 0.6) is 0 Å². The summed E-state index contributed by atoms with van der Waals surface area (Å²) in [6.07, 6.45) is 1.28. The Labute approximate surface area is 172 Å². The molecule has 152 valence electrons. The smallest absolute Gasteiger partial charge is 0.271 e. The fraction of sp³-hybridized carbons (Fsp3) is 0. The van der Waals surface area contributed by atoms with Gasteiger partial charge in [-0.15, -0.1) is 0 Å². The number of nitrogens with zero attached hydrogens (tertiary/aromatic N) is 2. The van der Waals surface area contributed by atoms with E-state index in [1.165, 1.54) is 60.8 Å². The van der Waals surface area contributed by atoms with Crippen molar-refractivity contribution in [1.82, 2.24) is 5.43 Å².